The minimum Gasteiger partial charge on any atom is -0.476 e. The number of aromatic carboxylic acids is 1. The Bertz CT molecular complexity index is 608. The van der Waals surface area contributed by atoms with Crippen LogP contribution < -0.4 is 0 Å². The summed E-state index contributed by atoms with van der Waals surface area (Å²) in [5.41, 5.74) is 0.176. The summed E-state index contributed by atoms with van der Waals surface area (Å²) in [6, 6.07) is 6.01. The summed E-state index contributed by atoms with van der Waals surface area (Å²) in [5, 5.41) is 16.6. The van der Waals surface area contributed by atoms with Crippen molar-refractivity contribution in [2.45, 2.75) is 20.4 Å². The normalized spacial score (nSPS) is 10.9. The highest BCUT2D eigenvalue weighted by atomic mass is 19.1. The molecule has 0 saturated heterocycles. The van der Waals surface area contributed by atoms with Gasteiger partial charge in [-0.05, 0) is 18.1 Å². The van der Waals surface area contributed by atoms with E-state index in [0.717, 1.165) is 0 Å². The van der Waals surface area contributed by atoms with Crippen LogP contribution in [0.5, 0.6) is 0 Å². The summed E-state index contributed by atoms with van der Waals surface area (Å²) >= 11 is 0. The molecule has 0 fully saturated rings. The van der Waals surface area contributed by atoms with E-state index in [0.29, 0.717) is 6.54 Å². The Morgan fingerprint density at radius 2 is 2.11 bits per heavy atom. The average molecular weight is 263 g/mol. The lowest BCUT2D eigenvalue weighted by Crippen LogP contribution is -2.09. The van der Waals surface area contributed by atoms with Gasteiger partial charge in [-0.25, -0.2) is 13.9 Å². The maximum Gasteiger partial charge on any atom is 0.358 e. The quantitative estimate of drug-likeness (QED) is 0.919. The van der Waals surface area contributed by atoms with Crippen LogP contribution in [0.4, 0.5) is 4.39 Å². The molecule has 2 rings (SSSR count). The van der Waals surface area contributed by atoms with Crippen LogP contribution >= 0.6 is 0 Å². The van der Waals surface area contributed by atoms with Crippen LogP contribution in [-0.2, 0) is 6.54 Å². The largest absolute Gasteiger partial charge is 0.476 e. The second-order valence-corrected chi connectivity index (χ2v) is 4.65. The molecule has 0 atom stereocenters. The molecule has 1 aromatic carbocycles. The summed E-state index contributed by atoms with van der Waals surface area (Å²) in [7, 11) is 0. The van der Waals surface area contributed by atoms with Gasteiger partial charge in [0.05, 0.1) is 0 Å². The van der Waals surface area contributed by atoms with Gasteiger partial charge in [0.15, 0.2) is 5.69 Å². The highest BCUT2D eigenvalue weighted by Gasteiger charge is 2.22. The molecule has 19 heavy (non-hydrogen) atoms. The molecular formula is C13H14FN3O2. The van der Waals surface area contributed by atoms with E-state index in [1.54, 1.807) is 12.1 Å². The van der Waals surface area contributed by atoms with Crippen LogP contribution in [0, 0.1) is 11.7 Å². The van der Waals surface area contributed by atoms with Crippen molar-refractivity contribution in [1.82, 2.24) is 15.0 Å². The van der Waals surface area contributed by atoms with Gasteiger partial charge in [-0.1, -0.05) is 31.2 Å². The topological polar surface area (TPSA) is 68.0 Å². The molecule has 5 nitrogen and oxygen atoms in total. The fourth-order valence-corrected chi connectivity index (χ4v) is 1.85. The summed E-state index contributed by atoms with van der Waals surface area (Å²) in [6.07, 6.45) is 0. The zero-order chi connectivity index (χ0) is 14.0. The van der Waals surface area contributed by atoms with E-state index in [1.165, 1.54) is 16.8 Å². The molecule has 1 heterocycles. The minimum absolute atomic E-state index is 0.200. The van der Waals surface area contributed by atoms with Gasteiger partial charge in [-0.2, -0.15) is 0 Å². The summed E-state index contributed by atoms with van der Waals surface area (Å²) in [5.74, 6) is -1.46. The Morgan fingerprint density at radius 3 is 2.68 bits per heavy atom. The third-order valence-electron chi connectivity index (χ3n) is 2.60. The average Bonchev–Trinajstić information content (AvgIpc) is 2.72. The summed E-state index contributed by atoms with van der Waals surface area (Å²) in [6.45, 7) is 4.41. The summed E-state index contributed by atoms with van der Waals surface area (Å²) < 4.78 is 15.3. The predicted octanol–water partition coefficient (Wildman–Crippen LogP) is 2.44. The number of hydrogen-bond acceptors (Lipinski definition) is 3. The Kier molecular flexibility index (Phi) is 3.59. The van der Waals surface area contributed by atoms with E-state index >= 15 is 0 Å². The van der Waals surface area contributed by atoms with Crippen LogP contribution in [0.3, 0.4) is 0 Å². The number of benzene rings is 1. The van der Waals surface area contributed by atoms with Gasteiger partial charge >= 0.3 is 5.97 Å². The van der Waals surface area contributed by atoms with Crippen molar-refractivity contribution in [3.05, 3.63) is 35.8 Å². The number of rotatable bonds is 4. The molecule has 100 valence electrons. The second kappa shape index (κ2) is 5.17. The lowest BCUT2D eigenvalue weighted by Gasteiger charge is -2.10. The van der Waals surface area contributed by atoms with E-state index in [-0.39, 0.29) is 22.9 Å². The summed E-state index contributed by atoms with van der Waals surface area (Å²) in [4.78, 5) is 11.2. The van der Waals surface area contributed by atoms with Crippen LogP contribution in [0.2, 0.25) is 0 Å². The van der Waals surface area contributed by atoms with Crippen LogP contribution in [-0.4, -0.2) is 26.1 Å². The molecule has 0 aliphatic heterocycles. The molecule has 0 bridgehead atoms. The number of carbonyl (C=O) groups is 1. The fourth-order valence-electron chi connectivity index (χ4n) is 1.85. The maximum atomic E-state index is 13.9. The predicted molar refractivity (Wildman–Crippen MR) is 67.2 cm³/mol. The van der Waals surface area contributed by atoms with E-state index in [1.807, 2.05) is 13.8 Å². The van der Waals surface area contributed by atoms with Crippen LogP contribution in [0.1, 0.15) is 24.3 Å². The third kappa shape index (κ3) is 2.62. The van der Waals surface area contributed by atoms with Crippen molar-refractivity contribution in [3.8, 4) is 11.3 Å². The smallest absolute Gasteiger partial charge is 0.358 e. The number of aromatic nitrogens is 3. The molecule has 0 aliphatic rings. The molecule has 0 spiro atoms. The number of hydrogen-bond donors (Lipinski definition) is 1. The number of halogens is 1. The number of carboxylic acids is 1. The first-order valence-electron chi connectivity index (χ1n) is 5.92. The number of nitrogens with zero attached hydrogens (tertiary/aromatic N) is 3. The lowest BCUT2D eigenvalue weighted by molar-refractivity contribution is 0.0691. The number of carboxylic acid groups (broad SMARTS) is 1. The molecular weight excluding hydrogens is 249 g/mol. The van der Waals surface area contributed by atoms with E-state index < -0.39 is 11.8 Å². The third-order valence-corrected chi connectivity index (χ3v) is 2.60. The highest BCUT2D eigenvalue weighted by molar-refractivity contribution is 5.92. The van der Waals surface area contributed by atoms with Crippen molar-refractivity contribution in [2.24, 2.45) is 5.92 Å². The van der Waals surface area contributed by atoms with Gasteiger partial charge in [0.2, 0.25) is 0 Å². The van der Waals surface area contributed by atoms with Gasteiger partial charge in [0.25, 0.3) is 0 Å². The van der Waals surface area contributed by atoms with Gasteiger partial charge < -0.3 is 5.11 Å². The lowest BCUT2D eigenvalue weighted by atomic mass is 10.1. The van der Waals surface area contributed by atoms with Gasteiger partial charge in [0.1, 0.15) is 11.5 Å². The first-order chi connectivity index (χ1) is 9.00. The van der Waals surface area contributed by atoms with Crippen molar-refractivity contribution >= 4 is 5.97 Å². The first-order valence-corrected chi connectivity index (χ1v) is 5.92. The molecule has 1 N–H and O–H groups in total. The molecule has 2 aromatic rings. The Morgan fingerprint density at radius 1 is 1.42 bits per heavy atom. The van der Waals surface area contributed by atoms with Crippen LogP contribution in [0.25, 0.3) is 11.3 Å². The van der Waals surface area contributed by atoms with Crippen molar-refractivity contribution in [2.75, 3.05) is 0 Å². The van der Waals surface area contributed by atoms with Crippen LogP contribution in [0.15, 0.2) is 24.3 Å². The molecule has 0 amide bonds. The van der Waals surface area contributed by atoms with Crippen molar-refractivity contribution in [3.63, 3.8) is 0 Å². The van der Waals surface area contributed by atoms with E-state index in [9.17, 15) is 9.18 Å². The standard InChI is InChI=1S/C13H14FN3O2/c1-8(2)7-17-12(11(13(18)19)15-16-17)9-5-3-4-6-10(9)14/h3-6,8H,7H2,1-2H3,(H,18,19). The monoisotopic (exact) mass is 263 g/mol. The molecule has 0 radical (unpaired) electrons. The van der Waals surface area contributed by atoms with Gasteiger partial charge in [-0.15, -0.1) is 5.10 Å². The minimum atomic E-state index is -1.21. The highest BCUT2D eigenvalue weighted by Crippen LogP contribution is 2.25. The SMILES string of the molecule is CC(C)Cn1nnc(C(=O)O)c1-c1ccccc1F. The Labute approximate surface area is 109 Å². The fraction of sp³-hybridized carbons (Fsp3) is 0.308. The van der Waals surface area contributed by atoms with Gasteiger partial charge in [0, 0.05) is 12.1 Å². The Balaban J connectivity index is 2.61. The Hall–Kier alpha value is -2.24. The molecule has 0 saturated carbocycles. The van der Waals surface area contributed by atoms with Crippen molar-refractivity contribution in [1.29, 1.82) is 0 Å². The van der Waals surface area contributed by atoms with Crippen molar-refractivity contribution < 1.29 is 14.3 Å². The van der Waals surface area contributed by atoms with Gasteiger partial charge in [-0.3, -0.25) is 0 Å². The second-order valence-electron chi connectivity index (χ2n) is 4.65. The first kappa shape index (κ1) is 13.2. The van der Waals surface area contributed by atoms with E-state index in [2.05, 4.69) is 10.3 Å². The van der Waals surface area contributed by atoms with E-state index in [4.69, 9.17) is 5.11 Å². The molecule has 1 aromatic heterocycles. The molecule has 0 unspecified atom stereocenters. The zero-order valence-electron chi connectivity index (χ0n) is 10.7. The molecule has 0 aliphatic carbocycles. The molecule has 6 heteroatoms. The maximum absolute atomic E-state index is 13.9. The zero-order valence-corrected chi connectivity index (χ0v) is 10.7.